The maximum Gasteiger partial charge on any atom is 0.489 e. The van der Waals surface area contributed by atoms with Crippen LogP contribution in [0, 0.1) is 0 Å². The monoisotopic (exact) mass is 222 g/mol. The molecule has 0 fully saturated rings. The fourth-order valence-corrected chi connectivity index (χ4v) is 1.24. The molecule has 0 aliphatic carbocycles. The maximum absolute atomic E-state index is 11.7. The van der Waals surface area contributed by atoms with E-state index in [4.69, 9.17) is 14.8 Å². The van der Waals surface area contributed by atoms with Crippen molar-refractivity contribution in [3.63, 3.8) is 0 Å². The number of hydrogen-bond donors (Lipinski definition) is 2. The molecule has 0 aliphatic rings. The zero-order chi connectivity index (χ0) is 12.3. The second-order valence-electron chi connectivity index (χ2n) is 4.46. The Labute approximate surface area is 95.0 Å². The van der Waals surface area contributed by atoms with Gasteiger partial charge < -0.3 is 14.8 Å². The largest absolute Gasteiger partial charge is 0.489 e. The first-order valence-corrected chi connectivity index (χ1v) is 4.99. The van der Waals surface area contributed by atoms with E-state index in [1.807, 2.05) is 0 Å². The van der Waals surface area contributed by atoms with E-state index in [0.29, 0.717) is 0 Å². The molecule has 0 saturated carbocycles. The number of carbonyl (C=O) groups excluding carboxylic acids is 1. The van der Waals surface area contributed by atoms with E-state index in [2.05, 4.69) is 0 Å². The summed E-state index contributed by atoms with van der Waals surface area (Å²) in [7, 11) is -1.68. The molecule has 1 rings (SSSR count). The molecular weight excluding hydrogens is 207 g/mol. The van der Waals surface area contributed by atoms with Gasteiger partial charge in [0.15, 0.2) is 0 Å². The molecule has 2 N–H and O–H groups in total. The van der Waals surface area contributed by atoms with E-state index >= 15 is 0 Å². The molecule has 0 radical (unpaired) electrons. The SMILES string of the molecule is CC(C)(C)OC(=O)c1ccccc1B(O)O. The van der Waals surface area contributed by atoms with Gasteiger partial charge in [0.1, 0.15) is 5.60 Å². The van der Waals surface area contributed by atoms with Crippen LogP contribution in [0.15, 0.2) is 24.3 Å². The molecule has 0 saturated heterocycles. The van der Waals surface area contributed by atoms with E-state index in [1.54, 1.807) is 32.9 Å². The average molecular weight is 222 g/mol. The number of ether oxygens (including phenoxy) is 1. The highest BCUT2D eigenvalue weighted by Gasteiger charge is 2.24. The third-order valence-electron chi connectivity index (χ3n) is 1.86. The molecule has 0 spiro atoms. The molecule has 0 aromatic heterocycles. The number of carbonyl (C=O) groups is 1. The van der Waals surface area contributed by atoms with Gasteiger partial charge in [-0.3, -0.25) is 0 Å². The minimum absolute atomic E-state index is 0.150. The van der Waals surface area contributed by atoms with Crippen LogP contribution in [0.3, 0.4) is 0 Å². The van der Waals surface area contributed by atoms with Gasteiger partial charge in [-0.25, -0.2) is 4.79 Å². The minimum atomic E-state index is -1.68. The van der Waals surface area contributed by atoms with Gasteiger partial charge in [-0.15, -0.1) is 0 Å². The van der Waals surface area contributed by atoms with Crippen LogP contribution in [-0.4, -0.2) is 28.7 Å². The lowest BCUT2D eigenvalue weighted by molar-refractivity contribution is 0.00706. The topological polar surface area (TPSA) is 66.8 Å². The van der Waals surface area contributed by atoms with Gasteiger partial charge in [0.25, 0.3) is 0 Å². The molecule has 16 heavy (non-hydrogen) atoms. The quantitative estimate of drug-likeness (QED) is 0.558. The molecular formula is C11H15BO4. The zero-order valence-electron chi connectivity index (χ0n) is 9.60. The lowest BCUT2D eigenvalue weighted by Gasteiger charge is -2.20. The fraction of sp³-hybridized carbons (Fsp3) is 0.364. The fourth-order valence-electron chi connectivity index (χ4n) is 1.24. The third kappa shape index (κ3) is 3.36. The Balaban J connectivity index is 3.00. The van der Waals surface area contributed by atoms with E-state index in [-0.39, 0.29) is 11.0 Å². The maximum atomic E-state index is 11.7. The van der Waals surface area contributed by atoms with Gasteiger partial charge >= 0.3 is 13.1 Å². The van der Waals surface area contributed by atoms with E-state index in [9.17, 15) is 4.79 Å². The van der Waals surface area contributed by atoms with E-state index in [1.165, 1.54) is 12.1 Å². The van der Waals surface area contributed by atoms with Crippen molar-refractivity contribution in [2.24, 2.45) is 0 Å². The lowest BCUT2D eigenvalue weighted by Crippen LogP contribution is -2.36. The van der Waals surface area contributed by atoms with Crippen molar-refractivity contribution in [3.05, 3.63) is 29.8 Å². The zero-order valence-corrected chi connectivity index (χ0v) is 9.60. The van der Waals surface area contributed by atoms with Crippen molar-refractivity contribution in [2.45, 2.75) is 26.4 Å². The second-order valence-corrected chi connectivity index (χ2v) is 4.46. The van der Waals surface area contributed by atoms with Crippen LogP contribution in [0.4, 0.5) is 0 Å². The minimum Gasteiger partial charge on any atom is -0.456 e. The van der Waals surface area contributed by atoms with E-state index in [0.717, 1.165) is 0 Å². The molecule has 0 aliphatic heterocycles. The highest BCUT2D eigenvalue weighted by atomic mass is 16.6. The van der Waals surface area contributed by atoms with Crippen molar-refractivity contribution in [3.8, 4) is 0 Å². The van der Waals surface area contributed by atoms with Crippen LogP contribution >= 0.6 is 0 Å². The molecule has 86 valence electrons. The van der Waals surface area contributed by atoms with Crippen molar-refractivity contribution in [2.75, 3.05) is 0 Å². The van der Waals surface area contributed by atoms with Crippen LogP contribution in [0.5, 0.6) is 0 Å². The summed E-state index contributed by atoms with van der Waals surface area (Å²) in [5.41, 5.74) is -0.283. The molecule has 1 aromatic carbocycles. The van der Waals surface area contributed by atoms with Gasteiger partial charge in [-0.05, 0) is 32.3 Å². The first-order valence-electron chi connectivity index (χ1n) is 4.99. The molecule has 4 nitrogen and oxygen atoms in total. The van der Waals surface area contributed by atoms with Crippen LogP contribution in [0.1, 0.15) is 31.1 Å². The van der Waals surface area contributed by atoms with E-state index < -0.39 is 18.7 Å². The van der Waals surface area contributed by atoms with Gasteiger partial charge in [0.05, 0.1) is 5.56 Å². The second kappa shape index (κ2) is 4.68. The number of rotatable bonds is 2. The highest BCUT2D eigenvalue weighted by molar-refractivity contribution is 6.60. The van der Waals surface area contributed by atoms with Gasteiger partial charge in [-0.1, -0.05) is 18.2 Å². The summed E-state index contributed by atoms with van der Waals surface area (Å²) in [6, 6.07) is 6.25. The normalized spacial score (nSPS) is 11.1. The molecule has 0 unspecified atom stereocenters. The first kappa shape index (κ1) is 12.7. The standard InChI is InChI=1S/C11H15BO4/c1-11(2,3)16-10(13)8-6-4-5-7-9(8)12(14)15/h4-7,14-15H,1-3H3. The summed E-state index contributed by atoms with van der Waals surface area (Å²) in [6.07, 6.45) is 0. The van der Waals surface area contributed by atoms with Crippen molar-refractivity contribution < 1.29 is 19.6 Å². The third-order valence-corrected chi connectivity index (χ3v) is 1.86. The van der Waals surface area contributed by atoms with Crippen LogP contribution in [-0.2, 0) is 4.74 Å². The summed E-state index contributed by atoms with van der Waals surface area (Å²) < 4.78 is 5.15. The summed E-state index contributed by atoms with van der Waals surface area (Å²) in [4.78, 5) is 11.7. The number of hydrogen-bond acceptors (Lipinski definition) is 4. The molecule has 1 aromatic rings. The van der Waals surface area contributed by atoms with Crippen molar-refractivity contribution in [1.82, 2.24) is 0 Å². The average Bonchev–Trinajstić information content (AvgIpc) is 2.15. The highest BCUT2D eigenvalue weighted by Crippen LogP contribution is 2.11. The Hall–Kier alpha value is -1.33. The summed E-state index contributed by atoms with van der Waals surface area (Å²) >= 11 is 0. The Morgan fingerprint density at radius 2 is 1.81 bits per heavy atom. The number of esters is 1. The molecule has 5 heteroatoms. The van der Waals surface area contributed by atoms with Gasteiger partial charge in [0, 0.05) is 0 Å². The summed E-state index contributed by atoms with van der Waals surface area (Å²) in [6.45, 7) is 5.26. The van der Waals surface area contributed by atoms with Crippen LogP contribution < -0.4 is 5.46 Å². The van der Waals surface area contributed by atoms with Crippen molar-refractivity contribution in [1.29, 1.82) is 0 Å². The first-order chi connectivity index (χ1) is 7.31. The van der Waals surface area contributed by atoms with Gasteiger partial charge in [0.2, 0.25) is 0 Å². The Bertz CT molecular complexity index is 382. The van der Waals surface area contributed by atoms with Crippen LogP contribution in [0.25, 0.3) is 0 Å². The Morgan fingerprint density at radius 1 is 1.25 bits per heavy atom. The molecule has 0 bridgehead atoms. The number of benzene rings is 1. The van der Waals surface area contributed by atoms with Crippen molar-refractivity contribution >= 4 is 18.6 Å². The van der Waals surface area contributed by atoms with Crippen LogP contribution in [0.2, 0.25) is 0 Å². The smallest absolute Gasteiger partial charge is 0.456 e. The predicted octanol–water partition coefficient (Wildman–Crippen LogP) is 0.322. The molecule has 0 heterocycles. The van der Waals surface area contributed by atoms with Gasteiger partial charge in [-0.2, -0.15) is 0 Å². The predicted molar refractivity (Wildman–Crippen MR) is 61.4 cm³/mol. The molecule has 0 atom stereocenters. The lowest BCUT2D eigenvalue weighted by atomic mass is 9.77. The Morgan fingerprint density at radius 3 is 2.31 bits per heavy atom. The molecule has 0 amide bonds. The Kier molecular flexibility index (Phi) is 3.72. The summed E-state index contributed by atoms with van der Waals surface area (Å²) in [5.74, 6) is -0.559. The summed E-state index contributed by atoms with van der Waals surface area (Å²) in [5, 5.41) is 18.2.